The van der Waals surface area contributed by atoms with E-state index in [-0.39, 0.29) is 0 Å². The van der Waals surface area contributed by atoms with Crippen molar-refractivity contribution in [1.29, 1.82) is 5.26 Å². The molecule has 0 fully saturated rings. The molecule has 3 rings (SSSR count). The van der Waals surface area contributed by atoms with Crippen molar-refractivity contribution in [2.75, 3.05) is 14.2 Å². The summed E-state index contributed by atoms with van der Waals surface area (Å²) in [5.74, 6) is 1.64. The van der Waals surface area contributed by atoms with E-state index in [2.05, 4.69) is 30.3 Å². The first-order valence-electron chi connectivity index (χ1n) is 7.84. The summed E-state index contributed by atoms with van der Waals surface area (Å²) in [7, 11) is 2.48. The van der Waals surface area contributed by atoms with E-state index < -0.39 is 7.92 Å². The normalized spacial score (nSPS) is 10.3. The molecule has 4 heteroatoms. The average molecular weight is 347 g/mol. The molecule has 3 nitrogen and oxygen atoms in total. The van der Waals surface area contributed by atoms with Crippen molar-refractivity contribution in [1.82, 2.24) is 0 Å². The third kappa shape index (κ3) is 3.65. The van der Waals surface area contributed by atoms with Gasteiger partial charge in [-0.25, -0.2) is 0 Å². The van der Waals surface area contributed by atoms with Gasteiger partial charge in [-0.2, -0.15) is 5.26 Å². The highest BCUT2D eigenvalue weighted by Crippen LogP contribution is 2.35. The second-order valence-corrected chi connectivity index (χ2v) is 7.55. The van der Waals surface area contributed by atoms with Gasteiger partial charge < -0.3 is 9.47 Å². The molecule has 25 heavy (non-hydrogen) atoms. The Balaban J connectivity index is 2.14. The number of nitrogens with zero attached hydrogens (tertiary/aromatic N) is 1. The summed E-state index contributed by atoms with van der Waals surface area (Å²) < 4.78 is 10.5. The summed E-state index contributed by atoms with van der Waals surface area (Å²) in [5, 5.41) is 12.9. The number of methoxy groups -OCH3 is 2. The number of hydrogen-bond donors (Lipinski definition) is 0. The van der Waals surface area contributed by atoms with Crippen LogP contribution in [0.2, 0.25) is 0 Å². The van der Waals surface area contributed by atoms with Crippen LogP contribution in [0, 0.1) is 11.3 Å². The van der Waals surface area contributed by atoms with Gasteiger partial charge in [0, 0.05) is 5.30 Å². The highest BCUT2D eigenvalue weighted by Gasteiger charge is 2.19. The van der Waals surface area contributed by atoms with Crippen molar-refractivity contribution in [2.45, 2.75) is 0 Å². The standard InChI is InChI=1S/C21H18NO2P/c1-23-17-7-11-19(12-8-17)25(20-13-9-18(24-2)10-14-20)21-6-4-3-5-16(21)15-22/h3-14H,1-2H3. The number of rotatable bonds is 5. The highest BCUT2D eigenvalue weighted by molar-refractivity contribution is 7.79. The SMILES string of the molecule is COc1ccc(P(c2ccc(OC)cc2)c2ccccc2C#N)cc1. The third-order valence-corrected chi connectivity index (χ3v) is 6.43. The lowest BCUT2D eigenvalue weighted by Crippen LogP contribution is -2.22. The number of benzene rings is 3. The summed E-state index contributed by atoms with van der Waals surface area (Å²) in [6, 6.07) is 26.3. The molecular formula is C21H18NO2P. The molecule has 3 aromatic rings. The zero-order valence-corrected chi connectivity index (χ0v) is 15.0. The molecule has 0 saturated heterocycles. The molecule has 0 aromatic heterocycles. The van der Waals surface area contributed by atoms with Gasteiger partial charge in [-0.15, -0.1) is 0 Å². The van der Waals surface area contributed by atoms with Gasteiger partial charge in [0.05, 0.1) is 25.9 Å². The summed E-state index contributed by atoms with van der Waals surface area (Å²) in [6.07, 6.45) is 0. The molecule has 3 aromatic carbocycles. The summed E-state index contributed by atoms with van der Waals surface area (Å²) in [5.41, 5.74) is 0.709. The molecule has 0 bridgehead atoms. The first-order chi connectivity index (χ1) is 12.3. The van der Waals surface area contributed by atoms with Crippen LogP contribution in [0.3, 0.4) is 0 Å². The van der Waals surface area contributed by atoms with E-state index in [1.807, 2.05) is 48.5 Å². The third-order valence-electron chi connectivity index (χ3n) is 3.93. The first-order valence-corrected chi connectivity index (χ1v) is 9.18. The Morgan fingerprint density at radius 1 is 0.720 bits per heavy atom. The van der Waals surface area contributed by atoms with Crippen molar-refractivity contribution < 1.29 is 9.47 Å². The van der Waals surface area contributed by atoms with Crippen LogP contribution in [0.1, 0.15) is 5.56 Å². The fourth-order valence-electron chi connectivity index (χ4n) is 2.65. The fraction of sp³-hybridized carbons (Fsp3) is 0.0952. The maximum Gasteiger partial charge on any atom is 0.118 e. The fourth-order valence-corrected chi connectivity index (χ4v) is 5.00. The van der Waals surface area contributed by atoms with Crippen molar-refractivity contribution in [3.8, 4) is 17.6 Å². The van der Waals surface area contributed by atoms with Crippen LogP contribution in [0.4, 0.5) is 0 Å². The van der Waals surface area contributed by atoms with Crippen LogP contribution in [-0.2, 0) is 0 Å². The topological polar surface area (TPSA) is 42.2 Å². The van der Waals surface area contributed by atoms with Gasteiger partial charge in [0.2, 0.25) is 0 Å². The van der Waals surface area contributed by atoms with Gasteiger partial charge in [0.15, 0.2) is 0 Å². The molecule has 124 valence electrons. The summed E-state index contributed by atoms with van der Waals surface area (Å²) in [6.45, 7) is 0. The van der Waals surface area contributed by atoms with Crippen molar-refractivity contribution in [2.24, 2.45) is 0 Å². The minimum Gasteiger partial charge on any atom is -0.497 e. The van der Waals surface area contributed by atoms with E-state index in [0.717, 1.165) is 16.8 Å². The molecule has 0 saturated carbocycles. The molecule has 0 unspecified atom stereocenters. The largest absolute Gasteiger partial charge is 0.497 e. The van der Waals surface area contributed by atoms with Gasteiger partial charge >= 0.3 is 0 Å². The molecule has 0 amide bonds. The van der Waals surface area contributed by atoms with Crippen molar-refractivity contribution in [3.05, 3.63) is 78.4 Å². The van der Waals surface area contributed by atoms with E-state index in [0.29, 0.717) is 5.56 Å². The Kier molecular flexibility index (Phi) is 5.33. The highest BCUT2D eigenvalue weighted by atomic mass is 31.1. The van der Waals surface area contributed by atoms with E-state index in [9.17, 15) is 5.26 Å². The summed E-state index contributed by atoms with van der Waals surface area (Å²) in [4.78, 5) is 0. The molecular weight excluding hydrogens is 329 g/mol. The van der Waals surface area contributed by atoms with Crippen molar-refractivity contribution >= 4 is 23.8 Å². The van der Waals surface area contributed by atoms with Gasteiger partial charge in [-0.3, -0.25) is 0 Å². The molecule has 0 spiro atoms. The molecule has 0 N–H and O–H groups in total. The van der Waals surface area contributed by atoms with E-state index in [1.165, 1.54) is 10.6 Å². The maximum absolute atomic E-state index is 9.55. The maximum atomic E-state index is 9.55. The average Bonchev–Trinajstić information content (AvgIpc) is 2.69. The Morgan fingerprint density at radius 3 is 1.64 bits per heavy atom. The zero-order chi connectivity index (χ0) is 17.6. The predicted octanol–water partition coefficient (Wildman–Crippen LogP) is 3.33. The van der Waals surface area contributed by atoms with Crippen LogP contribution in [0.25, 0.3) is 0 Å². The Morgan fingerprint density at radius 2 is 1.20 bits per heavy atom. The second-order valence-electron chi connectivity index (χ2n) is 5.36. The Labute approximate surface area is 149 Å². The van der Waals surface area contributed by atoms with Crippen LogP contribution in [-0.4, -0.2) is 14.2 Å². The summed E-state index contributed by atoms with van der Waals surface area (Å²) >= 11 is 0. The van der Waals surface area contributed by atoms with Crippen LogP contribution >= 0.6 is 7.92 Å². The Bertz CT molecular complexity index is 836. The number of ether oxygens (including phenoxy) is 2. The quantitative estimate of drug-likeness (QED) is 0.665. The molecule has 0 radical (unpaired) electrons. The first kappa shape index (κ1) is 17.0. The van der Waals surface area contributed by atoms with Crippen LogP contribution < -0.4 is 25.4 Å². The molecule has 0 aliphatic heterocycles. The minimum absolute atomic E-state index is 0.709. The van der Waals surface area contributed by atoms with E-state index >= 15 is 0 Å². The zero-order valence-electron chi connectivity index (χ0n) is 14.1. The lowest BCUT2D eigenvalue weighted by Gasteiger charge is -2.21. The molecule has 0 atom stereocenters. The molecule has 0 aliphatic rings. The number of nitriles is 1. The number of hydrogen-bond acceptors (Lipinski definition) is 3. The second kappa shape index (κ2) is 7.83. The van der Waals surface area contributed by atoms with E-state index in [4.69, 9.17) is 9.47 Å². The van der Waals surface area contributed by atoms with Crippen molar-refractivity contribution in [3.63, 3.8) is 0 Å². The van der Waals surface area contributed by atoms with Gasteiger partial charge in [0.25, 0.3) is 0 Å². The smallest absolute Gasteiger partial charge is 0.118 e. The molecule has 0 aliphatic carbocycles. The van der Waals surface area contributed by atoms with Gasteiger partial charge in [-0.1, -0.05) is 42.5 Å². The lowest BCUT2D eigenvalue weighted by atomic mass is 10.2. The Hall–Kier alpha value is -2.82. The lowest BCUT2D eigenvalue weighted by molar-refractivity contribution is 0.415. The minimum atomic E-state index is -0.841. The van der Waals surface area contributed by atoms with Gasteiger partial charge in [0.1, 0.15) is 11.5 Å². The monoisotopic (exact) mass is 347 g/mol. The van der Waals surface area contributed by atoms with E-state index in [1.54, 1.807) is 14.2 Å². The molecule has 0 heterocycles. The van der Waals surface area contributed by atoms with Crippen LogP contribution in [0.15, 0.2) is 72.8 Å². The predicted molar refractivity (Wildman–Crippen MR) is 103 cm³/mol. The van der Waals surface area contributed by atoms with Gasteiger partial charge in [-0.05, 0) is 48.9 Å². The van der Waals surface area contributed by atoms with Crippen LogP contribution in [0.5, 0.6) is 11.5 Å².